The number of carbonyl (C=O) groups excluding carboxylic acids is 1. The van der Waals surface area contributed by atoms with E-state index in [0.717, 1.165) is 48.4 Å². The van der Waals surface area contributed by atoms with E-state index < -0.39 is 0 Å². The first kappa shape index (κ1) is 21.3. The summed E-state index contributed by atoms with van der Waals surface area (Å²) in [5.41, 5.74) is 3.75. The summed E-state index contributed by atoms with van der Waals surface area (Å²) >= 11 is 0. The maximum Gasteiger partial charge on any atom is 0.222 e. The molecule has 5 heteroatoms. The lowest BCUT2D eigenvalue weighted by Crippen LogP contribution is -2.41. The van der Waals surface area contributed by atoms with E-state index in [-0.39, 0.29) is 12.0 Å². The summed E-state index contributed by atoms with van der Waals surface area (Å²) < 4.78 is 6.12. The van der Waals surface area contributed by atoms with Gasteiger partial charge in [0.1, 0.15) is 17.9 Å². The average molecular weight is 402 g/mol. The van der Waals surface area contributed by atoms with Crippen molar-refractivity contribution in [1.29, 1.82) is 5.26 Å². The van der Waals surface area contributed by atoms with Crippen molar-refractivity contribution in [3.63, 3.8) is 0 Å². The van der Waals surface area contributed by atoms with Crippen LogP contribution in [0.2, 0.25) is 0 Å². The quantitative estimate of drug-likeness (QED) is 0.611. The van der Waals surface area contributed by atoms with Gasteiger partial charge in [0.05, 0.1) is 11.3 Å². The maximum absolute atomic E-state index is 11.8. The molecule has 154 valence electrons. The van der Waals surface area contributed by atoms with Crippen LogP contribution in [-0.2, 0) is 4.79 Å². The second-order valence-electron chi connectivity index (χ2n) is 7.27. The molecule has 1 fully saturated rings. The molecule has 2 aromatic rings. The molecule has 30 heavy (non-hydrogen) atoms. The largest absolute Gasteiger partial charge is 0.490 e. The van der Waals surface area contributed by atoms with E-state index in [1.807, 2.05) is 67.3 Å². The van der Waals surface area contributed by atoms with E-state index in [9.17, 15) is 10.1 Å². The topological polar surface area (TPSA) is 65.7 Å². The Labute approximate surface area is 178 Å². The van der Waals surface area contributed by atoms with Crippen LogP contribution in [-0.4, -0.2) is 36.7 Å². The molecule has 1 saturated heterocycles. The zero-order valence-electron chi connectivity index (χ0n) is 17.6. The highest BCUT2D eigenvalue weighted by molar-refractivity contribution is 5.83. The predicted molar refractivity (Wildman–Crippen MR) is 121 cm³/mol. The molecule has 0 N–H and O–H groups in total. The summed E-state index contributed by atoms with van der Waals surface area (Å²) in [6.07, 6.45) is 6.18. The van der Waals surface area contributed by atoms with Crippen LogP contribution in [0.25, 0.3) is 17.2 Å². The third-order valence-corrected chi connectivity index (χ3v) is 5.39. The summed E-state index contributed by atoms with van der Waals surface area (Å²) in [5, 5.41) is 9.72. The Morgan fingerprint density at radius 2 is 1.97 bits per heavy atom. The van der Waals surface area contributed by atoms with Gasteiger partial charge in [-0.3, -0.25) is 9.79 Å². The van der Waals surface area contributed by atoms with Gasteiger partial charge in [-0.25, -0.2) is 0 Å². The summed E-state index contributed by atoms with van der Waals surface area (Å²) in [5.74, 6) is 1.00. The van der Waals surface area contributed by atoms with Gasteiger partial charge >= 0.3 is 0 Å². The lowest BCUT2D eigenvalue weighted by atomic mass is 9.95. The predicted octanol–water partition coefficient (Wildman–Crippen LogP) is 5.37. The van der Waals surface area contributed by atoms with Crippen LogP contribution in [0.15, 0.2) is 47.5 Å². The van der Waals surface area contributed by atoms with E-state index in [2.05, 4.69) is 17.8 Å². The van der Waals surface area contributed by atoms with Crippen molar-refractivity contribution < 1.29 is 9.53 Å². The van der Waals surface area contributed by atoms with Crippen molar-refractivity contribution in [1.82, 2.24) is 4.90 Å². The van der Waals surface area contributed by atoms with Crippen LogP contribution < -0.4 is 4.74 Å². The number of likely N-dealkylation sites (tertiary alicyclic amines) is 1. The Morgan fingerprint density at radius 3 is 2.53 bits per heavy atom. The number of allylic oxidation sites excluding steroid dienone is 1. The first-order valence-corrected chi connectivity index (χ1v) is 10.3. The number of piperidine rings is 1. The lowest BCUT2D eigenvalue weighted by molar-refractivity contribution is -0.132. The molecular formula is C25H27N3O2. The van der Waals surface area contributed by atoms with E-state index in [0.29, 0.717) is 17.7 Å². The standard InChI is InChI=1S/C25H27N3O2/c1-4-6-19-9-12-22(23(17-26)25(19)27-3)18-7-10-20(11-8-18)30-21-13-15-28(16-14-21)24(29)5-2/h4,6-12,21H,3,5,13-16H2,1-2H3/b6-4-. The first-order valence-electron chi connectivity index (χ1n) is 10.3. The Balaban J connectivity index is 1.74. The van der Waals surface area contributed by atoms with E-state index >= 15 is 0 Å². The minimum atomic E-state index is 0.114. The number of hydrogen-bond donors (Lipinski definition) is 0. The van der Waals surface area contributed by atoms with Crippen LogP contribution in [0.4, 0.5) is 5.69 Å². The van der Waals surface area contributed by atoms with E-state index in [4.69, 9.17) is 4.74 Å². The normalized spacial score (nSPS) is 14.5. The van der Waals surface area contributed by atoms with Gasteiger partial charge in [-0.05, 0) is 31.3 Å². The molecule has 1 aliphatic rings. The molecule has 2 aromatic carbocycles. The fourth-order valence-electron chi connectivity index (χ4n) is 3.80. The monoisotopic (exact) mass is 401 g/mol. The second kappa shape index (κ2) is 9.89. The number of carbonyl (C=O) groups is 1. The number of aliphatic imine (C=N–C) groups is 1. The van der Waals surface area contributed by atoms with Crippen molar-refractivity contribution in [2.75, 3.05) is 13.1 Å². The smallest absolute Gasteiger partial charge is 0.222 e. The fourth-order valence-corrected chi connectivity index (χ4v) is 3.80. The highest BCUT2D eigenvalue weighted by Crippen LogP contribution is 2.35. The van der Waals surface area contributed by atoms with E-state index in [1.54, 1.807) is 0 Å². The molecule has 0 spiro atoms. The summed E-state index contributed by atoms with van der Waals surface area (Å²) in [4.78, 5) is 17.8. The average Bonchev–Trinajstić information content (AvgIpc) is 2.79. The summed E-state index contributed by atoms with van der Waals surface area (Å²) in [6.45, 7) is 8.95. The van der Waals surface area contributed by atoms with Gasteiger partial charge in [0.2, 0.25) is 5.91 Å². The van der Waals surface area contributed by atoms with Crippen LogP contribution in [0.1, 0.15) is 44.2 Å². The van der Waals surface area contributed by atoms with Gasteiger partial charge in [-0.2, -0.15) is 5.26 Å². The van der Waals surface area contributed by atoms with Crippen molar-refractivity contribution in [2.24, 2.45) is 4.99 Å². The van der Waals surface area contributed by atoms with Crippen molar-refractivity contribution in [3.05, 3.63) is 53.6 Å². The lowest BCUT2D eigenvalue weighted by Gasteiger charge is -2.32. The van der Waals surface area contributed by atoms with Gasteiger partial charge in [-0.1, -0.05) is 43.3 Å². The van der Waals surface area contributed by atoms with Crippen molar-refractivity contribution in [3.8, 4) is 22.9 Å². The molecule has 0 bridgehead atoms. The molecule has 0 radical (unpaired) electrons. The number of nitrogens with zero attached hydrogens (tertiary/aromatic N) is 3. The number of benzene rings is 2. The Bertz CT molecular complexity index is 979. The number of nitriles is 1. The molecular weight excluding hydrogens is 374 g/mol. The number of rotatable bonds is 6. The number of hydrogen-bond acceptors (Lipinski definition) is 4. The number of ether oxygens (including phenoxy) is 1. The Kier molecular flexibility index (Phi) is 7.03. The fraction of sp³-hybridized carbons (Fsp3) is 0.320. The van der Waals surface area contributed by atoms with Gasteiger partial charge in [-0.15, -0.1) is 0 Å². The van der Waals surface area contributed by atoms with Crippen molar-refractivity contribution >= 4 is 24.4 Å². The molecule has 1 heterocycles. The van der Waals surface area contributed by atoms with Gasteiger partial charge < -0.3 is 9.64 Å². The second-order valence-corrected chi connectivity index (χ2v) is 7.27. The molecule has 1 aliphatic heterocycles. The van der Waals surface area contributed by atoms with Gasteiger partial charge in [0.25, 0.3) is 0 Å². The zero-order chi connectivity index (χ0) is 21.5. The Morgan fingerprint density at radius 1 is 1.27 bits per heavy atom. The van der Waals surface area contributed by atoms with Gasteiger partial charge in [0.15, 0.2) is 0 Å². The molecule has 0 unspecified atom stereocenters. The highest BCUT2D eigenvalue weighted by Gasteiger charge is 2.23. The van der Waals surface area contributed by atoms with Crippen LogP contribution in [0, 0.1) is 11.3 Å². The van der Waals surface area contributed by atoms with Crippen LogP contribution in [0.3, 0.4) is 0 Å². The van der Waals surface area contributed by atoms with E-state index in [1.165, 1.54) is 0 Å². The SMILES string of the molecule is C=Nc1c(/C=C\C)ccc(-c2ccc(OC3CCN(C(=O)CC)CC3)cc2)c1C#N. The summed E-state index contributed by atoms with van der Waals surface area (Å²) in [6, 6.07) is 14.0. The molecule has 5 nitrogen and oxygen atoms in total. The van der Waals surface area contributed by atoms with Gasteiger partial charge in [0, 0.05) is 43.5 Å². The van der Waals surface area contributed by atoms with Crippen LogP contribution in [0.5, 0.6) is 5.75 Å². The zero-order valence-corrected chi connectivity index (χ0v) is 17.6. The van der Waals surface area contributed by atoms with Crippen molar-refractivity contribution in [2.45, 2.75) is 39.2 Å². The Hall–Kier alpha value is -3.39. The molecule has 0 aromatic heterocycles. The minimum absolute atomic E-state index is 0.114. The maximum atomic E-state index is 11.8. The third-order valence-electron chi connectivity index (χ3n) is 5.39. The molecule has 0 saturated carbocycles. The third kappa shape index (κ3) is 4.60. The molecule has 0 atom stereocenters. The van der Waals surface area contributed by atoms with Crippen LogP contribution >= 0.6 is 0 Å². The highest BCUT2D eigenvalue weighted by atomic mass is 16.5. The minimum Gasteiger partial charge on any atom is -0.490 e. The molecule has 1 amide bonds. The number of amides is 1. The summed E-state index contributed by atoms with van der Waals surface area (Å²) in [7, 11) is 0. The molecule has 3 rings (SSSR count). The molecule has 0 aliphatic carbocycles. The first-order chi connectivity index (χ1) is 14.6.